The maximum absolute atomic E-state index is 12.8. The summed E-state index contributed by atoms with van der Waals surface area (Å²) in [4.78, 5) is 12.8. The first-order valence-corrected chi connectivity index (χ1v) is 15.8. The molecule has 0 radical (unpaired) electrons. The van der Waals surface area contributed by atoms with Crippen molar-refractivity contribution in [1.82, 2.24) is 0 Å². The van der Waals surface area contributed by atoms with E-state index in [0.717, 1.165) is 35.3 Å². The molecular weight excluding hydrogens is 588 g/mol. The summed E-state index contributed by atoms with van der Waals surface area (Å²) in [7, 11) is 3.14. The van der Waals surface area contributed by atoms with E-state index in [1.165, 1.54) is 0 Å². The summed E-state index contributed by atoms with van der Waals surface area (Å²) >= 11 is 6.65. The number of fused-ring (bicyclic) bond motifs is 2. The number of hydrogen-bond donors (Lipinski definition) is 1. The van der Waals surface area contributed by atoms with Crippen molar-refractivity contribution in [2.75, 3.05) is 27.4 Å². The van der Waals surface area contributed by atoms with Gasteiger partial charge in [0.25, 0.3) is 0 Å². The zero-order chi connectivity index (χ0) is 31.7. The van der Waals surface area contributed by atoms with Crippen LogP contribution in [0.25, 0.3) is 0 Å². The predicted octanol–water partition coefficient (Wildman–Crippen LogP) is 5.76. The standard InChI is InChI=1S/C34H45ClO9/c1-7-40-24-13-10-21(11-14-24)18-23-19-22(12-15-25(23)35)28-27(36)30-29(26(42-28)20-41-31(37)32(2,3)4)43-33(38-5)16-8-9-17-34(33,39-6)44-30/h10-15,19,26-30,36H,7-9,16-18,20H2,1-6H3. The molecule has 7 unspecified atom stereocenters. The number of esters is 1. The summed E-state index contributed by atoms with van der Waals surface area (Å²) in [5.41, 5.74) is 1.95. The molecule has 1 N–H and O–H groups in total. The van der Waals surface area contributed by atoms with Gasteiger partial charge in [-0.05, 0) is 81.8 Å². The van der Waals surface area contributed by atoms with E-state index in [2.05, 4.69) is 0 Å². The number of hydrogen-bond acceptors (Lipinski definition) is 9. The molecule has 1 saturated carbocycles. The van der Waals surface area contributed by atoms with Crippen LogP contribution in [0.3, 0.4) is 0 Å². The Labute approximate surface area is 265 Å². The van der Waals surface area contributed by atoms with Crippen LogP contribution in [0, 0.1) is 5.41 Å². The Morgan fingerprint density at radius 3 is 2.23 bits per heavy atom. The third-order valence-corrected chi connectivity index (χ3v) is 9.20. The molecule has 5 rings (SSSR count). The fourth-order valence-electron chi connectivity index (χ4n) is 6.43. The van der Waals surface area contributed by atoms with Crippen molar-refractivity contribution in [3.8, 4) is 5.75 Å². The minimum Gasteiger partial charge on any atom is -0.494 e. The number of methoxy groups -OCH3 is 2. The minimum atomic E-state index is -1.21. The van der Waals surface area contributed by atoms with Crippen LogP contribution in [0.4, 0.5) is 0 Å². The Balaban J connectivity index is 1.46. The second kappa shape index (κ2) is 13.2. The highest BCUT2D eigenvalue weighted by Gasteiger charge is 2.66. The van der Waals surface area contributed by atoms with Crippen molar-refractivity contribution in [3.05, 3.63) is 64.2 Å². The minimum absolute atomic E-state index is 0.0871. The molecule has 44 heavy (non-hydrogen) atoms. The number of carbonyl (C=O) groups excluding carboxylic acids is 1. The molecule has 9 nitrogen and oxygen atoms in total. The molecular formula is C34H45ClO9. The summed E-state index contributed by atoms with van der Waals surface area (Å²) in [5.74, 6) is -1.97. The lowest BCUT2D eigenvalue weighted by Gasteiger charge is -2.60. The molecule has 2 aromatic carbocycles. The van der Waals surface area contributed by atoms with E-state index in [4.69, 9.17) is 44.8 Å². The van der Waals surface area contributed by atoms with Gasteiger partial charge in [0.1, 0.15) is 42.9 Å². The average Bonchev–Trinajstić information content (AvgIpc) is 3.01. The van der Waals surface area contributed by atoms with Gasteiger partial charge in [0.15, 0.2) is 0 Å². The monoisotopic (exact) mass is 632 g/mol. The van der Waals surface area contributed by atoms with Crippen molar-refractivity contribution in [2.24, 2.45) is 5.41 Å². The lowest BCUT2D eigenvalue weighted by molar-refractivity contribution is -0.491. The summed E-state index contributed by atoms with van der Waals surface area (Å²) < 4.78 is 43.2. The van der Waals surface area contributed by atoms with Gasteiger partial charge in [0, 0.05) is 32.1 Å². The van der Waals surface area contributed by atoms with Crippen LogP contribution in [0.2, 0.25) is 5.02 Å². The van der Waals surface area contributed by atoms with E-state index in [1.54, 1.807) is 35.0 Å². The second-order valence-corrected chi connectivity index (χ2v) is 13.2. The molecule has 2 aliphatic heterocycles. The number of benzene rings is 2. The van der Waals surface area contributed by atoms with Crippen molar-refractivity contribution in [1.29, 1.82) is 0 Å². The smallest absolute Gasteiger partial charge is 0.311 e. The number of halogens is 1. The lowest BCUT2D eigenvalue weighted by atomic mass is 9.82. The fraction of sp³-hybridized carbons (Fsp3) is 0.618. The van der Waals surface area contributed by atoms with E-state index in [0.29, 0.717) is 30.9 Å². The van der Waals surface area contributed by atoms with Crippen LogP contribution < -0.4 is 4.74 Å². The largest absolute Gasteiger partial charge is 0.494 e. The topological polar surface area (TPSA) is 102 Å². The van der Waals surface area contributed by atoms with E-state index >= 15 is 0 Å². The lowest BCUT2D eigenvalue weighted by Crippen LogP contribution is -2.74. The van der Waals surface area contributed by atoms with Gasteiger partial charge in [0.2, 0.25) is 11.6 Å². The molecule has 0 spiro atoms. The summed E-state index contributed by atoms with van der Waals surface area (Å²) in [5, 5.41) is 12.4. The van der Waals surface area contributed by atoms with Crippen molar-refractivity contribution in [3.63, 3.8) is 0 Å². The van der Waals surface area contributed by atoms with E-state index in [9.17, 15) is 9.90 Å². The molecule has 3 aliphatic rings. The molecule has 0 aromatic heterocycles. The van der Waals surface area contributed by atoms with Gasteiger partial charge >= 0.3 is 5.97 Å². The third kappa shape index (κ3) is 6.38. The highest BCUT2D eigenvalue weighted by Crippen LogP contribution is 2.52. The highest BCUT2D eigenvalue weighted by molar-refractivity contribution is 6.31. The number of rotatable bonds is 9. The van der Waals surface area contributed by atoms with Gasteiger partial charge in [-0.25, -0.2) is 0 Å². The molecule has 242 valence electrons. The number of carbonyl (C=O) groups is 1. The molecule has 7 atom stereocenters. The first kappa shape index (κ1) is 33.1. The third-order valence-electron chi connectivity index (χ3n) is 8.83. The van der Waals surface area contributed by atoms with Crippen LogP contribution in [-0.2, 0) is 39.6 Å². The van der Waals surface area contributed by atoms with Gasteiger partial charge in [-0.1, -0.05) is 35.9 Å². The number of ether oxygens (including phenoxy) is 7. The molecule has 1 aliphatic carbocycles. The van der Waals surface area contributed by atoms with Crippen molar-refractivity contribution >= 4 is 17.6 Å². The van der Waals surface area contributed by atoms with Crippen LogP contribution in [-0.4, -0.2) is 74.5 Å². The Kier molecular flexibility index (Phi) is 9.97. The van der Waals surface area contributed by atoms with Gasteiger partial charge < -0.3 is 38.3 Å². The quantitative estimate of drug-likeness (QED) is 0.346. The summed E-state index contributed by atoms with van der Waals surface area (Å²) in [6.07, 6.45) is -0.968. The first-order valence-electron chi connectivity index (χ1n) is 15.4. The van der Waals surface area contributed by atoms with Gasteiger partial charge in [-0.3, -0.25) is 4.79 Å². The molecule has 2 heterocycles. The van der Waals surface area contributed by atoms with Crippen LogP contribution in [0.15, 0.2) is 42.5 Å². The Morgan fingerprint density at radius 2 is 1.64 bits per heavy atom. The number of aliphatic hydroxyl groups excluding tert-OH is 1. The fourth-order valence-corrected chi connectivity index (χ4v) is 6.61. The van der Waals surface area contributed by atoms with Crippen LogP contribution in [0.1, 0.15) is 76.2 Å². The molecule has 2 saturated heterocycles. The van der Waals surface area contributed by atoms with Crippen molar-refractivity contribution in [2.45, 2.75) is 102 Å². The Hall–Kier alpha value is -2.24. The van der Waals surface area contributed by atoms with E-state index in [-0.39, 0.29) is 12.6 Å². The summed E-state index contributed by atoms with van der Waals surface area (Å²) in [6, 6.07) is 13.5. The van der Waals surface area contributed by atoms with E-state index < -0.39 is 47.5 Å². The zero-order valence-electron chi connectivity index (χ0n) is 26.5. The number of aliphatic hydroxyl groups is 1. The molecule has 0 amide bonds. The van der Waals surface area contributed by atoms with Gasteiger partial charge in [0.05, 0.1) is 12.0 Å². The molecule has 3 fully saturated rings. The van der Waals surface area contributed by atoms with Gasteiger partial charge in [-0.2, -0.15) is 0 Å². The SMILES string of the molecule is CCOc1ccc(Cc2cc(C3OC(COC(=O)C(C)(C)C)C4OC5(OC)CCCCC5(OC)OC4C3O)ccc2Cl)cc1. The molecule has 2 aromatic rings. The maximum Gasteiger partial charge on any atom is 0.311 e. The Morgan fingerprint density at radius 1 is 1.00 bits per heavy atom. The second-order valence-electron chi connectivity index (χ2n) is 12.8. The maximum atomic E-state index is 12.8. The zero-order valence-corrected chi connectivity index (χ0v) is 27.2. The van der Waals surface area contributed by atoms with E-state index in [1.807, 2.05) is 49.4 Å². The Bertz CT molecular complexity index is 1290. The molecule has 10 heteroatoms. The van der Waals surface area contributed by atoms with Crippen LogP contribution in [0.5, 0.6) is 5.75 Å². The average molecular weight is 633 g/mol. The first-order chi connectivity index (χ1) is 21.0. The summed E-state index contributed by atoms with van der Waals surface area (Å²) in [6.45, 7) is 7.84. The predicted molar refractivity (Wildman–Crippen MR) is 164 cm³/mol. The molecule has 0 bridgehead atoms. The highest BCUT2D eigenvalue weighted by atomic mass is 35.5. The van der Waals surface area contributed by atoms with Crippen LogP contribution >= 0.6 is 11.6 Å². The van der Waals surface area contributed by atoms with Crippen molar-refractivity contribution < 1.29 is 43.1 Å². The van der Waals surface area contributed by atoms with Gasteiger partial charge in [-0.15, -0.1) is 0 Å². The normalized spacial score (nSPS) is 32.0.